The van der Waals surface area contributed by atoms with Crippen LogP contribution in [-0.2, 0) is 24.2 Å². The van der Waals surface area contributed by atoms with Gasteiger partial charge < -0.3 is 10.1 Å². The third-order valence-electron chi connectivity index (χ3n) is 4.09. The molecular weight excluding hydrogens is 306 g/mol. The van der Waals surface area contributed by atoms with Crippen molar-refractivity contribution < 1.29 is 9.53 Å². The monoisotopic (exact) mass is 327 g/mol. The Bertz CT molecular complexity index is 682. The van der Waals surface area contributed by atoms with Crippen LogP contribution in [0.3, 0.4) is 0 Å². The van der Waals surface area contributed by atoms with Crippen molar-refractivity contribution in [2.45, 2.75) is 30.7 Å². The zero-order valence-corrected chi connectivity index (χ0v) is 14.1. The first-order valence-corrected chi connectivity index (χ1v) is 8.87. The van der Waals surface area contributed by atoms with Gasteiger partial charge in [0.25, 0.3) is 0 Å². The first kappa shape index (κ1) is 15.9. The van der Waals surface area contributed by atoms with Gasteiger partial charge in [-0.1, -0.05) is 18.2 Å². The number of fused-ring (bicyclic) bond motifs is 1. The Morgan fingerprint density at radius 3 is 2.70 bits per heavy atom. The van der Waals surface area contributed by atoms with Crippen molar-refractivity contribution in [2.24, 2.45) is 0 Å². The van der Waals surface area contributed by atoms with Crippen LogP contribution < -0.4 is 10.1 Å². The lowest BCUT2D eigenvalue weighted by atomic mass is 10.1. The maximum atomic E-state index is 12.0. The molecule has 0 fully saturated rings. The predicted octanol–water partition coefficient (Wildman–Crippen LogP) is 3.59. The fourth-order valence-corrected chi connectivity index (χ4v) is 3.57. The second-order valence-corrected chi connectivity index (χ2v) is 6.75. The topological polar surface area (TPSA) is 38.3 Å². The van der Waals surface area contributed by atoms with Crippen LogP contribution in [0.4, 0.5) is 0 Å². The first-order chi connectivity index (χ1) is 11.2. The fourth-order valence-electron chi connectivity index (χ4n) is 2.78. The van der Waals surface area contributed by atoms with E-state index in [9.17, 15) is 4.79 Å². The van der Waals surface area contributed by atoms with Gasteiger partial charge in [-0.05, 0) is 60.2 Å². The summed E-state index contributed by atoms with van der Waals surface area (Å²) >= 11 is 1.60. The van der Waals surface area contributed by atoms with E-state index in [4.69, 9.17) is 4.74 Å². The van der Waals surface area contributed by atoms with Gasteiger partial charge in [0.15, 0.2) is 0 Å². The molecule has 0 heterocycles. The summed E-state index contributed by atoms with van der Waals surface area (Å²) in [4.78, 5) is 13.2. The van der Waals surface area contributed by atoms with Gasteiger partial charge in [-0.3, -0.25) is 4.79 Å². The van der Waals surface area contributed by atoms with Crippen LogP contribution in [0.25, 0.3) is 0 Å². The van der Waals surface area contributed by atoms with Crippen LogP contribution in [0.2, 0.25) is 0 Å². The van der Waals surface area contributed by atoms with E-state index in [0.717, 1.165) is 11.3 Å². The second-order valence-electron chi connectivity index (χ2n) is 5.70. The number of thioether (sulfide) groups is 1. The molecule has 2 aromatic carbocycles. The third kappa shape index (κ3) is 4.29. The van der Waals surface area contributed by atoms with Gasteiger partial charge in [-0.15, -0.1) is 11.8 Å². The number of aryl methyl sites for hydroxylation is 2. The van der Waals surface area contributed by atoms with Gasteiger partial charge >= 0.3 is 0 Å². The highest BCUT2D eigenvalue weighted by Crippen LogP contribution is 2.27. The predicted molar refractivity (Wildman–Crippen MR) is 94.0 cm³/mol. The number of hydrogen-bond donors (Lipinski definition) is 1. The zero-order chi connectivity index (χ0) is 16.1. The van der Waals surface area contributed by atoms with Crippen LogP contribution in [0, 0.1) is 0 Å². The van der Waals surface area contributed by atoms with Crippen LogP contribution in [0.1, 0.15) is 23.1 Å². The van der Waals surface area contributed by atoms with Gasteiger partial charge in [-0.25, -0.2) is 0 Å². The lowest BCUT2D eigenvalue weighted by molar-refractivity contribution is -0.118. The average Bonchev–Trinajstić information content (AvgIpc) is 3.06. The molecule has 0 unspecified atom stereocenters. The van der Waals surface area contributed by atoms with E-state index < -0.39 is 0 Å². The highest BCUT2D eigenvalue weighted by atomic mass is 32.2. The number of ether oxygens (including phenoxy) is 1. The fraction of sp³-hybridized carbons (Fsp3) is 0.316. The molecule has 1 aliphatic rings. The van der Waals surface area contributed by atoms with Gasteiger partial charge in [-0.2, -0.15) is 0 Å². The summed E-state index contributed by atoms with van der Waals surface area (Å²) in [5.74, 6) is 1.34. The summed E-state index contributed by atoms with van der Waals surface area (Å²) in [6, 6.07) is 14.3. The molecule has 0 spiro atoms. The standard InChI is InChI=1S/C19H21NO2S/c1-22-17-8-5-14(6-9-17)12-20-19(21)13-23-18-10-7-15-3-2-4-16(15)11-18/h5-11H,2-4,12-13H2,1H3,(H,20,21). The molecule has 0 atom stereocenters. The zero-order valence-electron chi connectivity index (χ0n) is 13.3. The number of nitrogens with one attached hydrogen (secondary N) is 1. The van der Waals surface area contributed by atoms with E-state index in [-0.39, 0.29) is 5.91 Å². The van der Waals surface area contributed by atoms with E-state index in [1.807, 2.05) is 24.3 Å². The molecule has 0 bridgehead atoms. The molecule has 1 aliphatic carbocycles. The highest BCUT2D eigenvalue weighted by molar-refractivity contribution is 8.00. The molecule has 0 saturated heterocycles. The average molecular weight is 327 g/mol. The molecule has 120 valence electrons. The molecule has 0 aromatic heterocycles. The smallest absolute Gasteiger partial charge is 0.230 e. The van der Waals surface area contributed by atoms with Gasteiger partial charge in [0, 0.05) is 11.4 Å². The van der Waals surface area contributed by atoms with Crippen molar-refractivity contribution in [3.05, 3.63) is 59.2 Å². The molecule has 3 nitrogen and oxygen atoms in total. The first-order valence-electron chi connectivity index (χ1n) is 7.89. The Morgan fingerprint density at radius 2 is 1.91 bits per heavy atom. The molecule has 0 saturated carbocycles. The maximum Gasteiger partial charge on any atom is 0.230 e. The van der Waals surface area contributed by atoms with Gasteiger partial charge in [0.2, 0.25) is 5.91 Å². The Hall–Kier alpha value is -1.94. The second kappa shape index (κ2) is 7.55. The minimum Gasteiger partial charge on any atom is -0.497 e. The van der Waals surface area contributed by atoms with Crippen LogP contribution in [-0.4, -0.2) is 18.8 Å². The molecule has 0 radical (unpaired) electrons. The highest BCUT2D eigenvalue weighted by Gasteiger charge is 2.11. The largest absolute Gasteiger partial charge is 0.497 e. The van der Waals surface area contributed by atoms with Crippen LogP contribution in [0.5, 0.6) is 5.75 Å². The summed E-state index contributed by atoms with van der Waals surface area (Å²) in [5.41, 5.74) is 3.99. The SMILES string of the molecule is COc1ccc(CNC(=O)CSc2ccc3c(c2)CCC3)cc1. The molecule has 1 N–H and O–H groups in total. The normalized spacial score (nSPS) is 12.7. The van der Waals surface area contributed by atoms with Crippen molar-refractivity contribution >= 4 is 17.7 Å². The van der Waals surface area contributed by atoms with E-state index in [1.165, 1.54) is 35.3 Å². The molecule has 3 rings (SSSR count). The number of carbonyl (C=O) groups excluding carboxylic acids is 1. The third-order valence-corrected chi connectivity index (χ3v) is 5.08. The Balaban J connectivity index is 1.45. The molecule has 2 aromatic rings. The van der Waals surface area contributed by atoms with Crippen molar-refractivity contribution in [3.63, 3.8) is 0 Å². The van der Waals surface area contributed by atoms with E-state index in [2.05, 4.69) is 23.5 Å². The summed E-state index contributed by atoms with van der Waals surface area (Å²) in [5, 5.41) is 2.96. The van der Waals surface area contributed by atoms with Gasteiger partial charge in [0.1, 0.15) is 5.75 Å². The lowest BCUT2D eigenvalue weighted by Gasteiger charge is -2.07. The van der Waals surface area contributed by atoms with Crippen LogP contribution >= 0.6 is 11.8 Å². The minimum atomic E-state index is 0.0614. The molecule has 1 amide bonds. The van der Waals surface area contributed by atoms with E-state index >= 15 is 0 Å². The van der Waals surface area contributed by atoms with Crippen molar-refractivity contribution in [3.8, 4) is 5.75 Å². The molecular formula is C19H21NO2S. The number of hydrogen-bond acceptors (Lipinski definition) is 3. The Kier molecular flexibility index (Phi) is 5.23. The maximum absolute atomic E-state index is 12.0. The van der Waals surface area contributed by atoms with Crippen molar-refractivity contribution in [2.75, 3.05) is 12.9 Å². The van der Waals surface area contributed by atoms with E-state index in [1.54, 1.807) is 18.9 Å². The van der Waals surface area contributed by atoms with Gasteiger partial charge in [0.05, 0.1) is 12.9 Å². The number of benzene rings is 2. The quantitative estimate of drug-likeness (QED) is 0.824. The van der Waals surface area contributed by atoms with Crippen molar-refractivity contribution in [1.82, 2.24) is 5.32 Å². The lowest BCUT2D eigenvalue weighted by Crippen LogP contribution is -2.24. The Labute approximate surface area is 141 Å². The summed E-state index contributed by atoms with van der Waals surface area (Å²) in [6.45, 7) is 0.549. The number of carbonyl (C=O) groups is 1. The number of amides is 1. The molecule has 4 heteroatoms. The number of methoxy groups -OCH3 is 1. The van der Waals surface area contributed by atoms with E-state index in [0.29, 0.717) is 12.3 Å². The summed E-state index contributed by atoms with van der Waals surface area (Å²) < 4.78 is 5.12. The number of rotatable bonds is 6. The molecule has 0 aliphatic heterocycles. The van der Waals surface area contributed by atoms with Crippen molar-refractivity contribution in [1.29, 1.82) is 0 Å². The minimum absolute atomic E-state index is 0.0614. The van der Waals surface area contributed by atoms with Crippen LogP contribution in [0.15, 0.2) is 47.4 Å². The molecule has 23 heavy (non-hydrogen) atoms. The summed E-state index contributed by atoms with van der Waals surface area (Å²) in [7, 11) is 1.65. The summed E-state index contributed by atoms with van der Waals surface area (Å²) in [6.07, 6.45) is 3.63. The Morgan fingerprint density at radius 1 is 1.13 bits per heavy atom.